The maximum absolute atomic E-state index is 12.4. The van der Waals surface area contributed by atoms with Crippen LogP contribution in [0.2, 0.25) is 0 Å². The molecule has 1 aliphatic heterocycles. The van der Waals surface area contributed by atoms with Crippen LogP contribution in [0.15, 0.2) is 41.8 Å². The van der Waals surface area contributed by atoms with Gasteiger partial charge in [0.2, 0.25) is 5.91 Å². The van der Waals surface area contributed by atoms with Crippen molar-refractivity contribution >= 4 is 39.7 Å². The normalized spacial score (nSPS) is 14.7. The van der Waals surface area contributed by atoms with Gasteiger partial charge >= 0.3 is 6.03 Å². The minimum atomic E-state index is -0.500. The van der Waals surface area contributed by atoms with Gasteiger partial charge in [0.15, 0.2) is 0 Å². The zero-order chi connectivity index (χ0) is 18.5. The number of amides is 3. The average Bonchev–Trinajstić information content (AvgIpc) is 3.15. The summed E-state index contributed by atoms with van der Waals surface area (Å²) in [5, 5.41) is 19.0. The van der Waals surface area contributed by atoms with Crippen molar-refractivity contribution in [3.05, 3.63) is 51.9 Å². The van der Waals surface area contributed by atoms with Crippen molar-refractivity contribution in [1.29, 1.82) is 0 Å². The largest absolute Gasteiger partial charge is 0.326 e. The van der Waals surface area contributed by atoms with Gasteiger partial charge in [0, 0.05) is 36.8 Å². The van der Waals surface area contributed by atoms with Gasteiger partial charge in [0.25, 0.3) is 5.69 Å². The molecule has 2 N–H and O–H groups in total. The van der Waals surface area contributed by atoms with Gasteiger partial charge in [-0.3, -0.25) is 20.2 Å². The second kappa shape index (κ2) is 7.96. The van der Waals surface area contributed by atoms with E-state index in [1.54, 1.807) is 11.0 Å². The van der Waals surface area contributed by atoms with Crippen LogP contribution in [0.5, 0.6) is 0 Å². The summed E-state index contributed by atoms with van der Waals surface area (Å²) in [5.74, 6) is -0.399. The molecule has 1 aromatic carbocycles. The Kier molecular flexibility index (Phi) is 5.47. The van der Waals surface area contributed by atoms with E-state index < -0.39 is 4.92 Å². The van der Waals surface area contributed by atoms with E-state index in [0.29, 0.717) is 31.6 Å². The van der Waals surface area contributed by atoms with Gasteiger partial charge in [-0.2, -0.15) is 0 Å². The fourth-order valence-corrected chi connectivity index (χ4v) is 3.43. The molecule has 136 valence electrons. The summed E-state index contributed by atoms with van der Waals surface area (Å²) >= 11 is 1.45. The monoisotopic (exact) mass is 374 g/mol. The summed E-state index contributed by atoms with van der Waals surface area (Å²) in [6.45, 7) is 0.981. The Morgan fingerprint density at radius 3 is 2.58 bits per heavy atom. The standard InChI is InChI=1S/C17H18N4O4S/c22-16(18-13-3-1-4-14(11-13)21(24)25)12-6-8-20(9-7-12)17(23)19-15-5-2-10-26-15/h1-5,10-12H,6-9H2,(H,18,22)(H,19,23). The molecule has 26 heavy (non-hydrogen) atoms. The molecule has 0 atom stereocenters. The highest BCUT2D eigenvalue weighted by molar-refractivity contribution is 7.14. The Labute approximate surface area is 154 Å². The molecule has 0 saturated carbocycles. The highest BCUT2D eigenvalue weighted by Crippen LogP contribution is 2.23. The molecule has 0 bridgehead atoms. The van der Waals surface area contributed by atoms with Crippen LogP contribution in [-0.2, 0) is 4.79 Å². The number of non-ortho nitro benzene ring substituents is 1. The SMILES string of the molecule is O=C(Nc1cccc([N+](=O)[O-])c1)C1CCN(C(=O)Nc2cccs2)CC1. The van der Waals surface area contributed by atoms with E-state index in [0.717, 1.165) is 5.00 Å². The summed E-state index contributed by atoms with van der Waals surface area (Å²) in [7, 11) is 0. The Morgan fingerprint density at radius 2 is 1.92 bits per heavy atom. The molecule has 0 radical (unpaired) electrons. The van der Waals surface area contributed by atoms with Gasteiger partial charge in [0.05, 0.1) is 9.92 Å². The van der Waals surface area contributed by atoms with E-state index >= 15 is 0 Å². The van der Waals surface area contributed by atoms with Gasteiger partial charge in [0.1, 0.15) is 0 Å². The second-order valence-electron chi connectivity index (χ2n) is 5.97. The number of rotatable bonds is 4. The van der Waals surface area contributed by atoms with Crippen molar-refractivity contribution in [3.8, 4) is 0 Å². The minimum Gasteiger partial charge on any atom is -0.326 e. The Morgan fingerprint density at radius 1 is 1.15 bits per heavy atom. The maximum Gasteiger partial charge on any atom is 0.322 e. The number of thiophene rings is 1. The molecule has 2 heterocycles. The highest BCUT2D eigenvalue weighted by Gasteiger charge is 2.27. The number of hydrogen-bond donors (Lipinski definition) is 2. The van der Waals surface area contributed by atoms with Gasteiger partial charge < -0.3 is 10.2 Å². The molecule has 1 saturated heterocycles. The molecule has 0 unspecified atom stereocenters. The number of piperidine rings is 1. The van der Waals surface area contributed by atoms with E-state index in [1.165, 1.54) is 29.5 Å². The minimum absolute atomic E-state index is 0.0668. The van der Waals surface area contributed by atoms with Crippen molar-refractivity contribution in [1.82, 2.24) is 4.90 Å². The van der Waals surface area contributed by atoms with E-state index in [2.05, 4.69) is 10.6 Å². The lowest BCUT2D eigenvalue weighted by molar-refractivity contribution is -0.384. The van der Waals surface area contributed by atoms with Crippen LogP contribution < -0.4 is 10.6 Å². The molecule has 1 aliphatic rings. The Hall–Kier alpha value is -2.94. The third-order valence-electron chi connectivity index (χ3n) is 4.23. The van der Waals surface area contributed by atoms with Crippen molar-refractivity contribution < 1.29 is 14.5 Å². The molecule has 3 amide bonds. The third-order valence-corrected chi connectivity index (χ3v) is 5.01. The second-order valence-corrected chi connectivity index (χ2v) is 6.91. The van der Waals surface area contributed by atoms with E-state index in [1.807, 2.05) is 17.5 Å². The molecule has 9 heteroatoms. The first-order chi connectivity index (χ1) is 12.5. The fourth-order valence-electron chi connectivity index (χ4n) is 2.82. The number of nitrogens with zero attached hydrogens (tertiary/aromatic N) is 2. The highest BCUT2D eigenvalue weighted by atomic mass is 32.1. The predicted molar refractivity (Wildman–Crippen MR) is 99.4 cm³/mol. The van der Waals surface area contributed by atoms with Crippen molar-refractivity contribution in [2.75, 3.05) is 23.7 Å². The molecule has 8 nitrogen and oxygen atoms in total. The summed E-state index contributed by atoms with van der Waals surface area (Å²) in [6.07, 6.45) is 1.11. The van der Waals surface area contributed by atoms with Crippen LogP contribution in [-0.4, -0.2) is 34.9 Å². The van der Waals surface area contributed by atoms with Crippen LogP contribution in [0, 0.1) is 16.0 Å². The first kappa shape index (κ1) is 17.9. The van der Waals surface area contributed by atoms with Crippen molar-refractivity contribution in [2.24, 2.45) is 5.92 Å². The topological polar surface area (TPSA) is 105 Å². The third kappa shape index (κ3) is 4.37. The summed E-state index contributed by atoms with van der Waals surface area (Å²) in [5.41, 5.74) is 0.338. The summed E-state index contributed by atoms with van der Waals surface area (Å²) in [4.78, 5) is 36.6. The molecule has 1 aromatic heterocycles. The molecule has 3 rings (SSSR count). The van der Waals surface area contributed by atoms with Crippen molar-refractivity contribution in [2.45, 2.75) is 12.8 Å². The lowest BCUT2D eigenvalue weighted by Gasteiger charge is -2.31. The molecular weight excluding hydrogens is 356 g/mol. The number of nitro benzene ring substituents is 1. The first-order valence-corrected chi connectivity index (χ1v) is 9.05. The van der Waals surface area contributed by atoms with Gasteiger partial charge in [-0.05, 0) is 36.4 Å². The molecule has 0 aliphatic carbocycles. The van der Waals surface area contributed by atoms with Crippen LogP contribution in [0.25, 0.3) is 0 Å². The number of urea groups is 1. The van der Waals surface area contributed by atoms with E-state index in [9.17, 15) is 19.7 Å². The van der Waals surface area contributed by atoms with Gasteiger partial charge in [-0.25, -0.2) is 4.79 Å². The molecular formula is C17H18N4O4S. The van der Waals surface area contributed by atoms with Crippen LogP contribution >= 0.6 is 11.3 Å². The maximum atomic E-state index is 12.4. The summed E-state index contributed by atoms with van der Waals surface area (Å²) in [6, 6.07) is 9.40. The predicted octanol–water partition coefficient (Wildman–Crippen LogP) is 3.54. The number of carbonyl (C=O) groups excluding carboxylic acids is 2. The lowest BCUT2D eigenvalue weighted by Crippen LogP contribution is -2.43. The number of carbonyl (C=O) groups is 2. The first-order valence-electron chi connectivity index (χ1n) is 8.17. The fraction of sp³-hybridized carbons (Fsp3) is 0.294. The number of likely N-dealkylation sites (tertiary alicyclic amines) is 1. The number of nitro groups is 1. The van der Waals surface area contributed by atoms with E-state index in [-0.39, 0.29) is 23.5 Å². The lowest BCUT2D eigenvalue weighted by atomic mass is 9.96. The van der Waals surface area contributed by atoms with Crippen LogP contribution in [0.3, 0.4) is 0 Å². The molecule has 1 fully saturated rings. The van der Waals surface area contributed by atoms with Crippen LogP contribution in [0.1, 0.15) is 12.8 Å². The van der Waals surface area contributed by atoms with Gasteiger partial charge in [-0.15, -0.1) is 11.3 Å². The smallest absolute Gasteiger partial charge is 0.322 e. The van der Waals surface area contributed by atoms with Gasteiger partial charge in [-0.1, -0.05) is 6.07 Å². The number of hydrogen-bond acceptors (Lipinski definition) is 5. The Balaban J connectivity index is 1.51. The van der Waals surface area contributed by atoms with Crippen LogP contribution in [0.4, 0.5) is 21.2 Å². The molecule has 2 aromatic rings. The average molecular weight is 374 g/mol. The zero-order valence-corrected chi connectivity index (χ0v) is 14.7. The number of benzene rings is 1. The molecule has 0 spiro atoms. The quantitative estimate of drug-likeness (QED) is 0.631. The van der Waals surface area contributed by atoms with Crippen molar-refractivity contribution in [3.63, 3.8) is 0 Å². The Bertz CT molecular complexity index is 801. The van der Waals surface area contributed by atoms with E-state index in [4.69, 9.17) is 0 Å². The number of nitrogens with one attached hydrogen (secondary N) is 2. The zero-order valence-electron chi connectivity index (χ0n) is 13.9. The summed E-state index contributed by atoms with van der Waals surface area (Å²) < 4.78 is 0. The number of anilines is 2.